The van der Waals surface area contributed by atoms with Gasteiger partial charge in [0, 0.05) is 6.42 Å². The lowest BCUT2D eigenvalue weighted by Gasteiger charge is -2.05. The zero-order chi connectivity index (χ0) is 16.5. The van der Waals surface area contributed by atoms with Crippen LogP contribution < -0.4 is 0 Å². The predicted octanol–water partition coefficient (Wildman–Crippen LogP) is 5.17. The number of ether oxygens (including phenoxy) is 1. The molecular formula is C19H36O3. The number of rotatable bonds is 15. The van der Waals surface area contributed by atoms with Crippen molar-refractivity contribution >= 4 is 5.97 Å². The van der Waals surface area contributed by atoms with Crippen molar-refractivity contribution < 1.29 is 14.6 Å². The smallest absolute Gasteiger partial charge is 0.305 e. The summed E-state index contributed by atoms with van der Waals surface area (Å²) in [5, 5.41) is 9.84. The summed E-state index contributed by atoms with van der Waals surface area (Å²) in [5.41, 5.74) is 0. The topological polar surface area (TPSA) is 46.5 Å². The summed E-state index contributed by atoms with van der Waals surface area (Å²) in [6.07, 6.45) is 18.1. The summed E-state index contributed by atoms with van der Waals surface area (Å²) >= 11 is 0. The van der Waals surface area contributed by atoms with Crippen LogP contribution in [0.1, 0.15) is 90.4 Å². The van der Waals surface area contributed by atoms with Crippen LogP contribution in [0.4, 0.5) is 0 Å². The number of hydrogen-bond donors (Lipinski definition) is 1. The Labute approximate surface area is 137 Å². The fraction of sp³-hybridized carbons (Fsp3) is 0.842. The molecule has 0 aliphatic heterocycles. The highest BCUT2D eigenvalue weighted by Crippen LogP contribution is 2.10. The van der Waals surface area contributed by atoms with Gasteiger partial charge in [0.05, 0.1) is 13.2 Å². The summed E-state index contributed by atoms with van der Waals surface area (Å²) in [5.74, 6) is -0.113. The fourth-order valence-electron chi connectivity index (χ4n) is 2.47. The van der Waals surface area contributed by atoms with Crippen LogP contribution in [0.5, 0.6) is 0 Å². The molecule has 0 heterocycles. The van der Waals surface area contributed by atoms with Crippen molar-refractivity contribution in [2.75, 3.05) is 7.11 Å². The molecule has 1 N–H and O–H groups in total. The maximum absolute atomic E-state index is 10.9. The number of aliphatic hydroxyl groups is 1. The molecule has 1 atom stereocenters. The van der Waals surface area contributed by atoms with Crippen molar-refractivity contribution in [3.8, 4) is 0 Å². The zero-order valence-electron chi connectivity index (χ0n) is 14.7. The molecule has 3 heteroatoms. The van der Waals surface area contributed by atoms with Crippen LogP contribution >= 0.6 is 0 Å². The van der Waals surface area contributed by atoms with Crippen molar-refractivity contribution in [3.05, 3.63) is 12.2 Å². The lowest BCUT2D eigenvalue weighted by Crippen LogP contribution is -2.01. The molecule has 0 saturated heterocycles. The third-order valence-electron chi connectivity index (χ3n) is 3.94. The highest BCUT2D eigenvalue weighted by atomic mass is 16.5. The first-order valence-electron chi connectivity index (χ1n) is 9.12. The average Bonchev–Trinajstić information content (AvgIpc) is 2.52. The minimum absolute atomic E-state index is 0.113. The molecule has 0 rings (SSSR count). The van der Waals surface area contributed by atoms with Crippen LogP contribution in [0.3, 0.4) is 0 Å². The number of esters is 1. The van der Waals surface area contributed by atoms with Crippen LogP contribution in [0.2, 0.25) is 0 Å². The number of unbranched alkanes of at least 4 members (excludes halogenated alkanes) is 9. The SMILES string of the molecule is CCCCCCCCC(O)/C=C/CCCCCCC(=O)OC. The molecule has 22 heavy (non-hydrogen) atoms. The Bertz CT molecular complexity index is 274. The van der Waals surface area contributed by atoms with Gasteiger partial charge in [0.15, 0.2) is 0 Å². The van der Waals surface area contributed by atoms with Gasteiger partial charge in [0.25, 0.3) is 0 Å². The van der Waals surface area contributed by atoms with E-state index in [2.05, 4.69) is 17.7 Å². The minimum Gasteiger partial charge on any atom is -0.469 e. The second-order valence-electron chi connectivity index (χ2n) is 6.08. The molecule has 3 nitrogen and oxygen atoms in total. The molecular weight excluding hydrogens is 276 g/mol. The monoisotopic (exact) mass is 312 g/mol. The molecule has 0 amide bonds. The second kappa shape index (κ2) is 16.5. The van der Waals surface area contributed by atoms with E-state index < -0.39 is 0 Å². The molecule has 0 aromatic rings. The fourth-order valence-corrected chi connectivity index (χ4v) is 2.47. The Morgan fingerprint density at radius 3 is 2.36 bits per heavy atom. The van der Waals surface area contributed by atoms with Crippen molar-refractivity contribution in [2.45, 2.75) is 96.5 Å². The number of hydrogen-bond acceptors (Lipinski definition) is 3. The van der Waals surface area contributed by atoms with Crippen LogP contribution in [0, 0.1) is 0 Å². The van der Waals surface area contributed by atoms with Crippen molar-refractivity contribution in [3.63, 3.8) is 0 Å². The molecule has 0 radical (unpaired) electrons. The van der Waals surface area contributed by atoms with Gasteiger partial charge in [-0.25, -0.2) is 0 Å². The van der Waals surface area contributed by atoms with Crippen molar-refractivity contribution in [1.29, 1.82) is 0 Å². The average molecular weight is 312 g/mol. The first-order chi connectivity index (χ1) is 10.7. The highest BCUT2D eigenvalue weighted by molar-refractivity contribution is 5.68. The molecule has 0 bridgehead atoms. The molecule has 0 spiro atoms. The third kappa shape index (κ3) is 15.6. The van der Waals surface area contributed by atoms with Crippen molar-refractivity contribution in [1.82, 2.24) is 0 Å². The van der Waals surface area contributed by atoms with Crippen LogP contribution in [-0.2, 0) is 9.53 Å². The van der Waals surface area contributed by atoms with Gasteiger partial charge >= 0.3 is 5.97 Å². The Balaban J connectivity index is 3.31. The summed E-state index contributed by atoms with van der Waals surface area (Å²) < 4.78 is 4.60. The van der Waals surface area contributed by atoms with Crippen LogP contribution in [-0.4, -0.2) is 24.3 Å². The second-order valence-corrected chi connectivity index (χ2v) is 6.08. The zero-order valence-corrected chi connectivity index (χ0v) is 14.7. The van der Waals surface area contributed by atoms with E-state index in [1.54, 1.807) is 0 Å². The standard InChI is InChI=1S/C19H36O3/c1-3-4-5-6-9-12-15-18(20)16-13-10-7-8-11-14-17-19(21)22-2/h13,16,18,20H,3-12,14-15,17H2,1-2H3/b16-13+. The van der Waals surface area contributed by atoms with Crippen LogP contribution in [0.15, 0.2) is 12.2 Å². The maximum Gasteiger partial charge on any atom is 0.305 e. The van der Waals surface area contributed by atoms with Gasteiger partial charge in [-0.3, -0.25) is 4.79 Å². The lowest BCUT2D eigenvalue weighted by atomic mass is 10.1. The molecule has 0 aromatic heterocycles. The molecule has 0 aromatic carbocycles. The van der Waals surface area contributed by atoms with E-state index in [4.69, 9.17) is 0 Å². The Morgan fingerprint density at radius 1 is 1.00 bits per heavy atom. The largest absolute Gasteiger partial charge is 0.469 e. The Morgan fingerprint density at radius 2 is 1.64 bits per heavy atom. The van der Waals surface area contributed by atoms with Gasteiger partial charge in [0.2, 0.25) is 0 Å². The maximum atomic E-state index is 10.9. The van der Waals surface area contributed by atoms with E-state index in [1.807, 2.05) is 6.08 Å². The first kappa shape index (κ1) is 21.2. The predicted molar refractivity (Wildman–Crippen MR) is 92.9 cm³/mol. The van der Waals surface area contributed by atoms with Gasteiger partial charge in [-0.1, -0.05) is 70.4 Å². The summed E-state index contributed by atoms with van der Waals surface area (Å²) in [7, 11) is 1.43. The van der Waals surface area contributed by atoms with E-state index in [9.17, 15) is 9.90 Å². The van der Waals surface area contributed by atoms with Gasteiger partial charge in [-0.15, -0.1) is 0 Å². The molecule has 0 aliphatic rings. The highest BCUT2D eigenvalue weighted by Gasteiger charge is 2.00. The summed E-state index contributed by atoms with van der Waals surface area (Å²) in [6, 6.07) is 0. The lowest BCUT2D eigenvalue weighted by molar-refractivity contribution is -0.140. The third-order valence-corrected chi connectivity index (χ3v) is 3.94. The number of carbonyl (C=O) groups is 1. The van der Waals surface area contributed by atoms with Crippen molar-refractivity contribution in [2.24, 2.45) is 0 Å². The van der Waals surface area contributed by atoms with Crippen LogP contribution in [0.25, 0.3) is 0 Å². The molecule has 1 unspecified atom stereocenters. The van der Waals surface area contributed by atoms with E-state index in [1.165, 1.54) is 39.2 Å². The normalized spacial score (nSPS) is 12.7. The number of aliphatic hydroxyl groups excluding tert-OH is 1. The van der Waals surface area contributed by atoms with Gasteiger partial charge in [-0.05, 0) is 25.7 Å². The Kier molecular flexibility index (Phi) is 15.9. The molecule has 0 fully saturated rings. The molecule has 130 valence electrons. The van der Waals surface area contributed by atoms with E-state index in [0.717, 1.165) is 44.9 Å². The molecule has 0 saturated carbocycles. The number of carbonyl (C=O) groups excluding carboxylic acids is 1. The summed E-state index contributed by atoms with van der Waals surface area (Å²) in [6.45, 7) is 2.23. The molecule has 0 aliphatic carbocycles. The first-order valence-corrected chi connectivity index (χ1v) is 9.12. The van der Waals surface area contributed by atoms with Gasteiger partial charge < -0.3 is 9.84 Å². The minimum atomic E-state index is -0.273. The van der Waals surface area contributed by atoms with E-state index in [0.29, 0.717) is 6.42 Å². The number of methoxy groups -OCH3 is 1. The summed E-state index contributed by atoms with van der Waals surface area (Å²) in [4.78, 5) is 10.9. The quantitative estimate of drug-likeness (QED) is 0.258. The van der Waals surface area contributed by atoms with Gasteiger partial charge in [-0.2, -0.15) is 0 Å². The van der Waals surface area contributed by atoms with Gasteiger partial charge in [0.1, 0.15) is 0 Å². The van der Waals surface area contributed by atoms with E-state index in [-0.39, 0.29) is 12.1 Å². The Hall–Kier alpha value is -0.830. The number of allylic oxidation sites excluding steroid dienone is 1. The van der Waals surface area contributed by atoms with E-state index >= 15 is 0 Å².